The molecular formula is C26H28F3N9O3. The Labute approximate surface area is 232 Å². The SMILES string of the molecule is NC(N)=NCCCNCc1ccc(-c2cnc(NC(=O)NC3CN(C(=O)c4cc(F)c(F)cc4F)C3)[nH]c2=O)cc1. The Kier molecular flexibility index (Phi) is 9.19. The molecule has 1 aliphatic rings. The first kappa shape index (κ1) is 29.1. The first-order valence-corrected chi connectivity index (χ1v) is 12.6. The summed E-state index contributed by atoms with van der Waals surface area (Å²) in [4.78, 5) is 48.9. The minimum Gasteiger partial charge on any atom is -0.370 e. The highest BCUT2D eigenvalue weighted by atomic mass is 19.2. The van der Waals surface area contributed by atoms with Gasteiger partial charge in [-0.15, -0.1) is 0 Å². The van der Waals surface area contributed by atoms with Crippen molar-refractivity contribution in [3.63, 3.8) is 0 Å². The second kappa shape index (κ2) is 13.0. The molecule has 0 bridgehead atoms. The van der Waals surface area contributed by atoms with E-state index in [9.17, 15) is 27.6 Å². The van der Waals surface area contributed by atoms with Crippen LogP contribution in [0.2, 0.25) is 0 Å². The molecule has 0 spiro atoms. The van der Waals surface area contributed by atoms with Gasteiger partial charge in [-0.2, -0.15) is 0 Å². The summed E-state index contributed by atoms with van der Waals surface area (Å²) < 4.78 is 40.4. The number of nitrogens with zero attached hydrogens (tertiary/aromatic N) is 3. The number of aromatic nitrogens is 2. The summed E-state index contributed by atoms with van der Waals surface area (Å²) in [6, 6.07) is 6.97. The van der Waals surface area contributed by atoms with E-state index < -0.39 is 46.6 Å². The molecule has 1 fully saturated rings. The van der Waals surface area contributed by atoms with Gasteiger partial charge in [0.25, 0.3) is 11.5 Å². The van der Waals surface area contributed by atoms with Gasteiger partial charge in [0.05, 0.1) is 17.2 Å². The number of hydrogen-bond acceptors (Lipinski definition) is 6. The van der Waals surface area contributed by atoms with Crippen molar-refractivity contribution in [1.82, 2.24) is 25.5 Å². The van der Waals surface area contributed by atoms with E-state index in [-0.39, 0.29) is 25.0 Å². The van der Waals surface area contributed by atoms with Crippen LogP contribution in [0, 0.1) is 17.5 Å². The van der Waals surface area contributed by atoms with Crippen LogP contribution in [0.4, 0.5) is 23.9 Å². The van der Waals surface area contributed by atoms with Crippen LogP contribution in [0.25, 0.3) is 11.1 Å². The van der Waals surface area contributed by atoms with Crippen LogP contribution in [0.15, 0.2) is 52.4 Å². The number of nitrogens with two attached hydrogens (primary N) is 2. The third-order valence-corrected chi connectivity index (χ3v) is 6.18. The molecule has 0 atom stereocenters. The Bertz CT molecular complexity index is 1500. The number of carbonyl (C=O) groups is 2. The molecule has 2 aromatic carbocycles. The number of aliphatic imine (C=N–C) groups is 1. The number of benzene rings is 2. The predicted octanol–water partition coefficient (Wildman–Crippen LogP) is 1.25. The lowest BCUT2D eigenvalue weighted by atomic mass is 10.1. The molecule has 41 heavy (non-hydrogen) atoms. The van der Waals surface area contributed by atoms with Crippen molar-refractivity contribution >= 4 is 23.8 Å². The van der Waals surface area contributed by atoms with Gasteiger partial charge in [-0.1, -0.05) is 24.3 Å². The number of guanidine groups is 1. The number of urea groups is 1. The van der Waals surface area contributed by atoms with Gasteiger partial charge >= 0.3 is 6.03 Å². The van der Waals surface area contributed by atoms with Crippen LogP contribution in [-0.4, -0.2) is 65.0 Å². The predicted molar refractivity (Wildman–Crippen MR) is 145 cm³/mol. The Morgan fingerprint density at radius 2 is 1.78 bits per heavy atom. The van der Waals surface area contributed by atoms with Crippen molar-refractivity contribution < 1.29 is 22.8 Å². The van der Waals surface area contributed by atoms with E-state index >= 15 is 0 Å². The maximum Gasteiger partial charge on any atom is 0.321 e. The molecule has 0 aliphatic carbocycles. The molecule has 1 saturated heterocycles. The Balaban J connectivity index is 1.24. The number of rotatable bonds is 10. The molecular weight excluding hydrogens is 543 g/mol. The topological polar surface area (TPSA) is 184 Å². The van der Waals surface area contributed by atoms with Gasteiger partial charge < -0.3 is 27.0 Å². The van der Waals surface area contributed by atoms with Gasteiger partial charge in [0.2, 0.25) is 5.95 Å². The van der Waals surface area contributed by atoms with E-state index in [2.05, 4.69) is 30.9 Å². The average molecular weight is 572 g/mol. The number of anilines is 1. The van der Waals surface area contributed by atoms with Crippen molar-refractivity contribution in [2.75, 3.05) is 31.5 Å². The van der Waals surface area contributed by atoms with E-state index in [4.69, 9.17) is 11.5 Å². The third-order valence-electron chi connectivity index (χ3n) is 6.18. The van der Waals surface area contributed by atoms with Crippen molar-refractivity contribution in [2.24, 2.45) is 16.5 Å². The minimum atomic E-state index is -1.39. The van der Waals surface area contributed by atoms with E-state index in [0.29, 0.717) is 36.3 Å². The number of aromatic amines is 1. The molecule has 1 aromatic heterocycles. The summed E-state index contributed by atoms with van der Waals surface area (Å²) in [7, 11) is 0. The van der Waals surface area contributed by atoms with Crippen molar-refractivity contribution in [1.29, 1.82) is 0 Å². The van der Waals surface area contributed by atoms with Crippen LogP contribution >= 0.6 is 0 Å². The Morgan fingerprint density at radius 3 is 2.46 bits per heavy atom. The maximum absolute atomic E-state index is 13.9. The van der Waals surface area contributed by atoms with Gasteiger partial charge in [-0.25, -0.2) is 22.9 Å². The second-order valence-corrected chi connectivity index (χ2v) is 9.26. The number of halogens is 3. The number of hydrogen-bond donors (Lipinski definition) is 6. The normalized spacial score (nSPS) is 12.9. The summed E-state index contributed by atoms with van der Waals surface area (Å²) in [5.74, 6) is -4.76. The Hall–Kier alpha value is -4.92. The number of H-pyrrole nitrogens is 1. The van der Waals surface area contributed by atoms with Crippen LogP contribution in [0.3, 0.4) is 0 Å². The number of carbonyl (C=O) groups excluding carboxylic acids is 2. The number of likely N-dealkylation sites (tertiary alicyclic amines) is 1. The number of nitrogens with one attached hydrogen (secondary N) is 4. The molecule has 2 heterocycles. The summed E-state index contributed by atoms with van der Waals surface area (Å²) in [6.07, 6.45) is 2.13. The third kappa shape index (κ3) is 7.60. The molecule has 1 aliphatic heterocycles. The molecule has 0 unspecified atom stereocenters. The highest BCUT2D eigenvalue weighted by Gasteiger charge is 2.34. The van der Waals surface area contributed by atoms with Crippen LogP contribution in [-0.2, 0) is 6.54 Å². The zero-order valence-electron chi connectivity index (χ0n) is 21.7. The largest absolute Gasteiger partial charge is 0.370 e. The van der Waals surface area contributed by atoms with Crippen LogP contribution in [0.5, 0.6) is 0 Å². The van der Waals surface area contributed by atoms with E-state index in [1.165, 1.54) is 11.1 Å². The van der Waals surface area contributed by atoms with Crippen molar-refractivity contribution in [3.05, 3.63) is 81.5 Å². The standard InChI is InChI=1S/C26H28F3N9O3/c27-19-9-21(29)20(28)8-17(19)23(40)38-12-16(13-38)35-26(41)37-25-34-11-18(22(39)36-25)15-4-2-14(3-5-15)10-32-6-1-7-33-24(30)31/h2-5,8-9,11,16,32H,1,6-7,10,12-13H2,(H4,30,31,33)(H3,34,35,36,37,39,41). The fourth-order valence-electron chi connectivity index (χ4n) is 4.03. The lowest BCUT2D eigenvalue weighted by Gasteiger charge is -2.39. The second-order valence-electron chi connectivity index (χ2n) is 9.26. The smallest absolute Gasteiger partial charge is 0.321 e. The van der Waals surface area contributed by atoms with E-state index in [1.54, 1.807) is 12.1 Å². The molecule has 4 rings (SSSR count). The monoisotopic (exact) mass is 571 g/mol. The summed E-state index contributed by atoms with van der Waals surface area (Å²) in [5.41, 5.74) is 11.5. The lowest BCUT2D eigenvalue weighted by molar-refractivity contribution is 0.0574. The first-order valence-electron chi connectivity index (χ1n) is 12.6. The maximum atomic E-state index is 13.9. The average Bonchev–Trinajstić information content (AvgIpc) is 2.90. The fourth-order valence-corrected chi connectivity index (χ4v) is 4.03. The molecule has 0 radical (unpaired) electrons. The van der Waals surface area contributed by atoms with Gasteiger partial charge in [0.1, 0.15) is 5.82 Å². The summed E-state index contributed by atoms with van der Waals surface area (Å²) >= 11 is 0. The highest BCUT2D eigenvalue weighted by molar-refractivity contribution is 5.95. The fraction of sp³-hybridized carbons (Fsp3) is 0.269. The minimum absolute atomic E-state index is 0.0249. The summed E-state index contributed by atoms with van der Waals surface area (Å²) in [6.45, 7) is 1.96. The van der Waals surface area contributed by atoms with E-state index in [1.807, 2.05) is 12.1 Å². The van der Waals surface area contributed by atoms with Gasteiger partial charge in [0.15, 0.2) is 17.6 Å². The zero-order chi connectivity index (χ0) is 29.5. The van der Waals surface area contributed by atoms with Crippen LogP contribution in [0.1, 0.15) is 22.3 Å². The van der Waals surface area contributed by atoms with Crippen molar-refractivity contribution in [2.45, 2.75) is 19.0 Å². The molecule has 0 saturated carbocycles. The van der Waals surface area contributed by atoms with Crippen molar-refractivity contribution in [3.8, 4) is 11.1 Å². The van der Waals surface area contributed by atoms with Gasteiger partial charge in [-0.3, -0.25) is 24.9 Å². The van der Waals surface area contributed by atoms with Crippen LogP contribution < -0.4 is 33.0 Å². The number of amides is 3. The van der Waals surface area contributed by atoms with E-state index in [0.717, 1.165) is 18.5 Å². The zero-order valence-corrected chi connectivity index (χ0v) is 21.7. The molecule has 3 amide bonds. The lowest BCUT2D eigenvalue weighted by Crippen LogP contribution is -2.61. The van der Waals surface area contributed by atoms with Gasteiger partial charge in [-0.05, 0) is 30.2 Å². The molecule has 8 N–H and O–H groups in total. The molecule has 216 valence electrons. The summed E-state index contributed by atoms with van der Waals surface area (Å²) in [5, 5.41) is 8.27. The Morgan fingerprint density at radius 1 is 1.07 bits per heavy atom. The molecule has 15 heteroatoms. The quantitative estimate of drug-likeness (QED) is 0.0916. The van der Waals surface area contributed by atoms with Gasteiger partial charge in [0, 0.05) is 38.4 Å². The molecule has 12 nitrogen and oxygen atoms in total. The molecule has 3 aromatic rings. The highest BCUT2D eigenvalue weighted by Crippen LogP contribution is 2.19. The first-order chi connectivity index (χ1) is 19.6.